The number of benzene rings is 2. The Morgan fingerprint density at radius 3 is 2.17 bits per heavy atom. The molecule has 2 saturated carbocycles. The summed E-state index contributed by atoms with van der Waals surface area (Å²) in [7, 11) is 0. The van der Waals surface area contributed by atoms with Gasteiger partial charge in [-0.25, -0.2) is 0 Å². The van der Waals surface area contributed by atoms with Crippen molar-refractivity contribution < 1.29 is 14.4 Å². The van der Waals surface area contributed by atoms with Gasteiger partial charge >= 0.3 is 0 Å². The maximum Gasteiger partial charge on any atom is 0.248 e. The van der Waals surface area contributed by atoms with Crippen molar-refractivity contribution in [3.63, 3.8) is 0 Å². The predicted octanol–water partition coefficient (Wildman–Crippen LogP) is 4.03. The lowest BCUT2D eigenvalue weighted by molar-refractivity contribution is -0.147. The number of carbonyl (C=O) groups excluding carboxylic acids is 3. The van der Waals surface area contributed by atoms with Gasteiger partial charge in [0.1, 0.15) is 6.04 Å². The van der Waals surface area contributed by atoms with Crippen LogP contribution in [0.5, 0.6) is 0 Å². The number of hydrogen-bond acceptors (Lipinski definition) is 3. The molecule has 5 atom stereocenters. The normalized spacial score (nSPS) is 28.0. The van der Waals surface area contributed by atoms with E-state index in [1.54, 1.807) is 12.1 Å². The molecule has 1 heterocycles. The number of amides is 3. The molecule has 2 aromatic rings. The van der Waals surface area contributed by atoms with Gasteiger partial charge in [0, 0.05) is 16.6 Å². The van der Waals surface area contributed by atoms with Crippen molar-refractivity contribution in [2.24, 2.45) is 23.7 Å². The van der Waals surface area contributed by atoms with Crippen molar-refractivity contribution >= 4 is 39.3 Å². The van der Waals surface area contributed by atoms with Gasteiger partial charge in [-0.05, 0) is 60.9 Å². The summed E-state index contributed by atoms with van der Waals surface area (Å²) in [5.41, 5.74) is 1.56. The van der Waals surface area contributed by atoms with E-state index in [0.717, 1.165) is 29.3 Å². The van der Waals surface area contributed by atoms with Crippen LogP contribution < -0.4 is 5.32 Å². The highest BCUT2D eigenvalue weighted by Gasteiger charge is 2.62. The molecular formula is C24H23BrN2O3. The molecule has 1 aliphatic heterocycles. The molecule has 2 aliphatic carbocycles. The zero-order valence-corrected chi connectivity index (χ0v) is 18.0. The zero-order valence-electron chi connectivity index (χ0n) is 16.5. The monoisotopic (exact) mass is 466 g/mol. The number of likely N-dealkylation sites (tertiary alicyclic amines) is 1. The van der Waals surface area contributed by atoms with Gasteiger partial charge in [0.2, 0.25) is 17.7 Å². The predicted molar refractivity (Wildman–Crippen MR) is 116 cm³/mol. The quantitative estimate of drug-likeness (QED) is 0.676. The number of nitrogens with one attached hydrogen (secondary N) is 1. The summed E-state index contributed by atoms with van der Waals surface area (Å²) in [6, 6.07) is 16.0. The number of rotatable bonds is 5. The number of halogens is 1. The van der Waals surface area contributed by atoms with Crippen LogP contribution in [0.4, 0.5) is 5.69 Å². The van der Waals surface area contributed by atoms with Crippen molar-refractivity contribution in [1.82, 2.24) is 4.90 Å². The van der Waals surface area contributed by atoms with Crippen LogP contribution in [0.1, 0.15) is 24.8 Å². The SMILES string of the molecule is O=C(Nc1ccc(Br)cc1)[C@@H](Cc1ccccc1)N1C(=O)[C@H]2[C@@H]3CC[C@@H](C3)[C@@H]2C1=O. The molecule has 5 nitrogen and oxygen atoms in total. The molecule has 5 rings (SSSR count). The lowest BCUT2D eigenvalue weighted by atomic mass is 9.81. The summed E-state index contributed by atoms with van der Waals surface area (Å²) >= 11 is 3.39. The average Bonchev–Trinajstić information content (AvgIpc) is 3.43. The number of imide groups is 1. The third kappa shape index (κ3) is 3.27. The van der Waals surface area contributed by atoms with Gasteiger partial charge in [-0.2, -0.15) is 0 Å². The molecule has 3 amide bonds. The smallest absolute Gasteiger partial charge is 0.248 e. The Morgan fingerprint density at radius 2 is 1.57 bits per heavy atom. The van der Waals surface area contributed by atoms with Crippen LogP contribution >= 0.6 is 15.9 Å². The van der Waals surface area contributed by atoms with Gasteiger partial charge in [-0.3, -0.25) is 19.3 Å². The van der Waals surface area contributed by atoms with Crippen molar-refractivity contribution in [2.75, 3.05) is 5.32 Å². The number of fused-ring (bicyclic) bond motifs is 5. The summed E-state index contributed by atoms with van der Waals surface area (Å²) in [5, 5.41) is 2.91. The molecule has 154 valence electrons. The summed E-state index contributed by atoms with van der Waals surface area (Å²) in [5.74, 6) is -0.477. The van der Waals surface area contributed by atoms with E-state index < -0.39 is 6.04 Å². The number of nitrogens with zero attached hydrogens (tertiary/aromatic N) is 1. The molecule has 30 heavy (non-hydrogen) atoms. The van der Waals surface area contributed by atoms with E-state index in [1.165, 1.54) is 4.90 Å². The lowest BCUT2D eigenvalue weighted by Crippen LogP contribution is -2.49. The van der Waals surface area contributed by atoms with Crippen molar-refractivity contribution in [2.45, 2.75) is 31.7 Å². The van der Waals surface area contributed by atoms with Gasteiger partial charge in [-0.1, -0.05) is 46.3 Å². The number of hydrogen-bond donors (Lipinski definition) is 1. The number of carbonyl (C=O) groups is 3. The molecule has 2 aromatic carbocycles. The first kappa shape index (κ1) is 19.5. The number of anilines is 1. The highest BCUT2D eigenvalue weighted by Crippen LogP contribution is 2.56. The van der Waals surface area contributed by atoms with Crippen LogP contribution in [0.3, 0.4) is 0 Å². The van der Waals surface area contributed by atoms with E-state index in [4.69, 9.17) is 0 Å². The van der Waals surface area contributed by atoms with Crippen LogP contribution in [0.2, 0.25) is 0 Å². The second kappa shape index (κ2) is 7.65. The summed E-state index contributed by atoms with van der Waals surface area (Å²) in [6.45, 7) is 0. The molecule has 0 unspecified atom stereocenters. The van der Waals surface area contributed by atoms with E-state index in [2.05, 4.69) is 21.2 Å². The second-order valence-corrected chi connectivity index (χ2v) is 9.55. The van der Waals surface area contributed by atoms with Crippen LogP contribution in [-0.4, -0.2) is 28.7 Å². The van der Waals surface area contributed by atoms with E-state index in [1.807, 2.05) is 42.5 Å². The molecule has 2 bridgehead atoms. The van der Waals surface area contributed by atoms with E-state index in [9.17, 15) is 14.4 Å². The van der Waals surface area contributed by atoms with Crippen molar-refractivity contribution in [1.29, 1.82) is 0 Å². The Bertz CT molecular complexity index is 963. The third-order valence-corrected chi connectivity index (χ3v) is 7.49. The highest BCUT2D eigenvalue weighted by atomic mass is 79.9. The summed E-state index contributed by atoms with van der Waals surface area (Å²) in [4.78, 5) is 41.3. The van der Waals surface area contributed by atoms with E-state index in [0.29, 0.717) is 23.9 Å². The Labute approximate surface area is 184 Å². The molecule has 0 spiro atoms. The van der Waals surface area contributed by atoms with Gasteiger partial charge in [0.05, 0.1) is 11.8 Å². The second-order valence-electron chi connectivity index (χ2n) is 8.63. The summed E-state index contributed by atoms with van der Waals surface area (Å²) in [6.07, 6.45) is 3.34. The minimum absolute atomic E-state index is 0.149. The molecule has 0 aromatic heterocycles. The maximum absolute atomic E-state index is 13.3. The fourth-order valence-corrected chi connectivity index (χ4v) is 5.90. The van der Waals surface area contributed by atoms with Crippen LogP contribution in [0.25, 0.3) is 0 Å². The van der Waals surface area contributed by atoms with Gasteiger partial charge in [0.15, 0.2) is 0 Å². The van der Waals surface area contributed by atoms with Crippen LogP contribution in [0, 0.1) is 23.7 Å². The minimum Gasteiger partial charge on any atom is -0.324 e. The lowest BCUT2D eigenvalue weighted by Gasteiger charge is -2.27. The summed E-state index contributed by atoms with van der Waals surface area (Å²) < 4.78 is 0.912. The molecule has 0 radical (unpaired) electrons. The van der Waals surface area contributed by atoms with E-state index >= 15 is 0 Å². The molecule has 3 aliphatic rings. The third-order valence-electron chi connectivity index (χ3n) is 6.96. The van der Waals surface area contributed by atoms with Gasteiger partial charge in [-0.15, -0.1) is 0 Å². The zero-order chi connectivity index (χ0) is 20.8. The topological polar surface area (TPSA) is 66.5 Å². The first-order valence-corrected chi connectivity index (χ1v) is 11.3. The first-order valence-electron chi connectivity index (χ1n) is 10.5. The van der Waals surface area contributed by atoms with Gasteiger partial charge in [0.25, 0.3) is 0 Å². The van der Waals surface area contributed by atoms with Crippen LogP contribution in [-0.2, 0) is 20.8 Å². The Morgan fingerprint density at radius 1 is 0.967 bits per heavy atom. The largest absolute Gasteiger partial charge is 0.324 e. The Balaban J connectivity index is 1.45. The molecule has 1 N–H and O–H groups in total. The maximum atomic E-state index is 13.3. The molecule has 6 heteroatoms. The Hall–Kier alpha value is -2.47. The van der Waals surface area contributed by atoms with Crippen LogP contribution in [0.15, 0.2) is 59.1 Å². The first-order chi connectivity index (χ1) is 14.5. The Kier molecular flexibility index (Phi) is 4.97. The standard InChI is InChI=1S/C24H23BrN2O3/c25-17-8-10-18(11-9-17)26-22(28)19(12-14-4-2-1-3-5-14)27-23(29)20-15-6-7-16(13-15)21(20)24(27)30/h1-5,8-11,15-16,19-21H,6-7,12-13H2,(H,26,28)/t15-,16+,19-,20+,21+/m1/s1. The molecule has 1 saturated heterocycles. The fraction of sp³-hybridized carbons (Fsp3) is 0.375. The van der Waals surface area contributed by atoms with E-state index in [-0.39, 0.29) is 29.6 Å². The minimum atomic E-state index is -0.846. The average molecular weight is 467 g/mol. The van der Waals surface area contributed by atoms with Crippen molar-refractivity contribution in [3.05, 3.63) is 64.6 Å². The molecule has 3 fully saturated rings. The highest BCUT2D eigenvalue weighted by molar-refractivity contribution is 9.10. The van der Waals surface area contributed by atoms with Crippen molar-refractivity contribution in [3.8, 4) is 0 Å². The van der Waals surface area contributed by atoms with Gasteiger partial charge < -0.3 is 5.32 Å². The fourth-order valence-electron chi connectivity index (χ4n) is 5.64. The molecular weight excluding hydrogens is 444 g/mol.